The molecule has 1 aliphatic heterocycles. The Morgan fingerprint density at radius 1 is 1.57 bits per heavy atom. The lowest BCUT2D eigenvalue weighted by atomic mass is 10.1. The first-order chi connectivity index (χ1) is 6.46. The summed E-state index contributed by atoms with van der Waals surface area (Å²) in [6.45, 7) is 0.228. The average molecular weight is 208 g/mol. The fraction of sp³-hybridized carbons (Fsp3) is 0.429. The Morgan fingerprint density at radius 2 is 2.21 bits per heavy atom. The highest BCUT2D eigenvalue weighted by Crippen LogP contribution is 2.32. The number of hydrazine groups is 1. The Bertz CT molecular complexity index is 258. The van der Waals surface area contributed by atoms with Crippen molar-refractivity contribution < 1.29 is 13.2 Å². The van der Waals surface area contributed by atoms with E-state index in [-0.39, 0.29) is 6.54 Å². The summed E-state index contributed by atoms with van der Waals surface area (Å²) in [4.78, 5) is 0. The van der Waals surface area contributed by atoms with Crippen molar-refractivity contribution in [3.63, 3.8) is 0 Å². The number of nitrogens with zero attached hydrogens (tertiary/aromatic N) is 1. The number of nitrogens with one attached hydrogen (secondary N) is 1. The highest BCUT2D eigenvalue weighted by Gasteiger charge is 2.44. The molecule has 0 spiro atoms. The zero-order valence-corrected chi connectivity index (χ0v) is 7.25. The molecule has 0 aromatic rings. The maximum atomic E-state index is 12.2. The zero-order chi connectivity index (χ0) is 10.8. The predicted molar refractivity (Wildman–Crippen MR) is 45.3 cm³/mol. The highest BCUT2D eigenvalue weighted by molar-refractivity contribution is 5.24. The first-order valence-corrected chi connectivity index (χ1v) is 3.90. The van der Waals surface area contributed by atoms with Gasteiger partial charge in [0.1, 0.15) is 6.17 Å². The molecule has 80 valence electrons. The molecule has 0 amide bonds. The van der Waals surface area contributed by atoms with Crippen LogP contribution in [0, 0.1) is 0 Å². The van der Waals surface area contributed by atoms with Crippen LogP contribution in [0.4, 0.5) is 13.2 Å². The van der Waals surface area contributed by atoms with E-state index in [9.17, 15) is 13.2 Å². The monoisotopic (exact) mass is 208 g/mol. The Hall–Kier alpha value is -1.21. The highest BCUT2D eigenvalue weighted by atomic mass is 19.4. The number of halogens is 3. The number of hydrogen-bond donors (Lipinski definition) is 3. The standard InChI is InChI=1S/C7H11F3N4/c8-7(9,10)5-4-13-6(5)14(12)3-1-2-11/h1,3-4,6,13H,2,11-12H2/b3-1-/t6-/m1/s1. The van der Waals surface area contributed by atoms with Gasteiger partial charge in [-0.15, -0.1) is 0 Å². The molecule has 0 fully saturated rings. The van der Waals surface area contributed by atoms with Gasteiger partial charge in [0.2, 0.25) is 0 Å². The van der Waals surface area contributed by atoms with E-state index in [0.29, 0.717) is 0 Å². The maximum Gasteiger partial charge on any atom is 0.417 e. The lowest BCUT2D eigenvalue weighted by molar-refractivity contribution is -0.107. The van der Waals surface area contributed by atoms with Crippen LogP contribution < -0.4 is 16.9 Å². The van der Waals surface area contributed by atoms with E-state index in [4.69, 9.17) is 11.6 Å². The van der Waals surface area contributed by atoms with Crippen LogP contribution in [0.2, 0.25) is 0 Å². The normalized spacial score (nSPS) is 21.5. The van der Waals surface area contributed by atoms with Gasteiger partial charge in [-0.3, -0.25) is 5.01 Å². The van der Waals surface area contributed by atoms with Gasteiger partial charge in [0, 0.05) is 18.9 Å². The van der Waals surface area contributed by atoms with Gasteiger partial charge in [0.15, 0.2) is 0 Å². The lowest BCUT2D eigenvalue weighted by Gasteiger charge is -2.36. The zero-order valence-electron chi connectivity index (χ0n) is 7.25. The molecule has 1 atom stereocenters. The third-order valence-corrected chi connectivity index (χ3v) is 1.73. The fourth-order valence-corrected chi connectivity index (χ4v) is 0.993. The molecule has 1 rings (SSSR count). The molecular formula is C7H11F3N4. The molecule has 0 saturated carbocycles. The largest absolute Gasteiger partial charge is 0.417 e. The first-order valence-electron chi connectivity index (χ1n) is 3.90. The topological polar surface area (TPSA) is 67.3 Å². The molecule has 0 saturated heterocycles. The van der Waals surface area contributed by atoms with Crippen LogP contribution >= 0.6 is 0 Å². The van der Waals surface area contributed by atoms with E-state index < -0.39 is 17.9 Å². The van der Waals surface area contributed by atoms with Crippen molar-refractivity contribution in [2.45, 2.75) is 12.3 Å². The van der Waals surface area contributed by atoms with Gasteiger partial charge >= 0.3 is 6.18 Å². The van der Waals surface area contributed by atoms with E-state index >= 15 is 0 Å². The fourth-order valence-electron chi connectivity index (χ4n) is 0.993. The van der Waals surface area contributed by atoms with Crippen molar-refractivity contribution in [2.75, 3.05) is 6.54 Å². The second-order valence-corrected chi connectivity index (χ2v) is 2.73. The third kappa shape index (κ3) is 2.18. The molecule has 7 heteroatoms. The van der Waals surface area contributed by atoms with Crippen molar-refractivity contribution in [3.8, 4) is 0 Å². The van der Waals surface area contributed by atoms with Crippen LogP contribution in [0.5, 0.6) is 0 Å². The minimum absolute atomic E-state index is 0.228. The summed E-state index contributed by atoms with van der Waals surface area (Å²) in [7, 11) is 0. The smallest absolute Gasteiger partial charge is 0.366 e. The Labute approximate surface area is 79.0 Å². The van der Waals surface area contributed by atoms with Crippen molar-refractivity contribution in [1.29, 1.82) is 0 Å². The molecule has 5 N–H and O–H groups in total. The van der Waals surface area contributed by atoms with Crippen molar-refractivity contribution in [2.24, 2.45) is 11.6 Å². The molecule has 1 heterocycles. The number of hydrogen-bond acceptors (Lipinski definition) is 4. The van der Waals surface area contributed by atoms with E-state index in [1.807, 2.05) is 0 Å². The third-order valence-electron chi connectivity index (χ3n) is 1.73. The molecule has 4 nitrogen and oxygen atoms in total. The van der Waals surface area contributed by atoms with Crippen LogP contribution in [0.3, 0.4) is 0 Å². The number of nitrogens with two attached hydrogens (primary N) is 2. The molecule has 14 heavy (non-hydrogen) atoms. The Balaban J connectivity index is 2.58. The van der Waals surface area contributed by atoms with Gasteiger partial charge in [-0.25, -0.2) is 5.84 Å². The van der Waals surface area contributed by atoms with Gasteiger partial charge in [-0.2, -0.15) is 13.2 Å². The van der Waals surface area contributed by atoms with Gasteiger partial charge in [-0.05, 0) is 0 Å². The molecular weight excluding hydrogens is 197 g/mol. The van der Waals surface area contributed by atoms with Crippen LogP contribution in [-0.2, 0) is 0 Å². The summed E-state index contributed by atoms with van der Waals surface area (Å²) in [6, 6.07) is 0. The summed E-state index contributed by atoms with van der Waals surface area (Å²) in [5.74, 6) is 5.34. The Morgan fingerprint density at radius 3 is 2.57 bits per heavy atom. The number of rotatable bonds is 3. The Kier molecular flexibility index (Phi) is 3.02. The lowest BCUT2D eigenvalue weighted by Crippen LogP contribution is -2.55. The summed E-state index contributed by atoms with van der Waals surface area (Å²) in [6.07, 6.45) is -1.70. The molecule has 0 radical (unpaired) electrons. The maximum absolute atomic E-state index is 12.2. The molecule has 0 bridgehead atoms. The summed E-state index contributed by atoms with van der Waals surface area (Å²) >= 11 is 0. The van der Waals surface area contributed by atoms with E-state index in [1.165, 1.54) is 12.3 Å². The molecule has 1 aliphatic rings. The molecule has 0 aliphatic carbocycles. The van der Waals surface area contributed by atoms with Gasteiger partial charge in [0.05, 0.1) is 5.57 Å². The first kappa shape index (κ1) is 10.9. The van der Waals surface area contributed by atoms with Gasteiger partial charge in [-0.1, -0.05) is 6.08 Å². The van der Waals surface area contributed by atoms with Gasteiger partial charge in [0.25, 0.3) is 0 Å². The summed E-state index contributed by atoms with van der Waals surface area (Å²) in [5, 5.41) is 3.36. The van der Waals surface area contributed by atoms with Crippen LogP contribution in [0.25, 0.3) is 0 Å². The van der Waals surface area contributed by atoms with Crippen LogP contribution in [-0.4, -0.2) is 23.9 Å². The SMILES string of the molecule is NC/C=C\N(N)[C@H]1NC=C1C(F)(F)F. The van der Waals surface area contributed by atoms with E-state index in [0.717, 1.165) is 11.2 Å². The number of alkyl halides is 3. The molecule has 0 aromatic carbocycles. The van der Waals surface area contributed by atoms with Crippen molar-refractivity contribution >= 4 is 0 Å². The second-order valence-electron chi connectivity index (χ2n) is 2.73. The van der Waals surface area contributed by atoms with Crippen LogP contribution in [0.15, 0.2) is 24.0 Å². The predicted octanol–water partition coefficient (Wildman–Crippen LogP) is 0.01000. The van der Waals surface area contributed by atoms with Crippen molar-refractivity contribution in [1.82, 2.24) is 10.3 Å². The van der Waals surface area contributed by atoms with Crippen LogP contribution in [0.1, 0.15) is 0 Å². The second kappa shape index (κ2) is 3.89. The molecule has 0 unspecified atom stereocenters. The quantitative estimate of drug-likeness (QED) is 0.451. The minimum Gasteiger partial charge on any atom is -0.366 e. The molecule has 0 aromatic heterocycles. The minimum atomic E-state index is -4.34. The van der Waals surface area contributed by atoms with Crippen molar-refractivity contribution in [3.05, 3.63) is 24.0 Å². The average Bonchev–Trinajstić information content (AvgIpc) is 1.95. The van der Waals surface area contributed by atoms with Gasteiger partial charge < -0.3 is 11.1 Å². The van der Waals surface area contributed by atoms with E-state index in [2.05, 4.69) is 5.32 Å². The summed E-state index contributed by atoms with van der Waals surface area (Å²) in [5.41, 5.74) is 4.44. The summed E-state index contributed by atoms with van der Waals surface area (Å²) < 4.78 is 36.6. The van der Waals surface area contributed by atoms with E-state index in [1.54, 1.807) is 0 Å².